The Labute approximate surface area is 212 Å². The summed E-state index contributed by atoms with van der Waals surface area (Å²) in [6.45, 7) is 2.45. The average molecular weight is 492 g/mol. The Morgan fingerprint density at radius 1 is 1.11 bits per heavy atom. The van der Waals surface area contributed by atoms with Crippen molar-refractivity contribution in [3.05, 3.63) is 113 Å². The normalized spacial score (nSPS) is 10.6. The lowest BCUT2D eigenvalue weighted by Crippen LogP contribution is -2.13. The van der Waals surface area contributed by atoms with Crippen molar-refractivity contribution in [2.24, 2.45) is 0 Å². The summed E-state index contributed by atoms with van der Waals surface area (Å²) in [6.07, 6.45) is 3.36. The van der Waals surface area contributed by atoms with Crippen LogP contribution in [0.15, 0.2) is 90.6 Å². The topological polar surface area (TPSA) is 92.8 Å². The summed E-state index contributed by atoms with van der Waals surface area (Å²) < 4.78 is 7.59. The van der Waals surface area contributed by atoms with Crippen LogP contribution in [0, 0.1) is 18.3 Å². The van der Waals surface area contributed by atoms with Crippen LogP contribution in [0.1, 0.15) is 27.0 Å². The third kappa shape index (κ3) is 5.02. The van der Waals surface area contributed by atoms with Crippen molar-refractivity contribution in [1.82, 2.24) is 14.8 Å². The minimum atomic E-state index is -0.244. The van der Waals surface area contributed by atoms with Crippen molar-refractivity contribution >= 4 is 22.9 Å². The maximum Gasteiger partial charge on any atom is 0.259 e. The maximum atomic E-state index is 13.4. The molecular weight excluding hydrogens is 470 g/mol. The molecule has 36 heavy (non-hydrogen) atoms. The molecule has 0 radical (unpaired) electrons. The molecule has 0 atom stereocenters. The lowest BCUT2D eigenvalue weighted by Gasteiger charge is -2.11. The molecule has 3 heterocycles. The molecule has 0 unspecified atom stereocenters. The molecule has 0 saturated carbocycles. The fourth-order valence-electron chi connectivity index (χ4n) is 3.73. The van der Waals surface area contributed by atoms with E-state index in [2.05, 4.69) is 16.4 Å². The number of hydrogen-bond donors (Lipinski definition) is 1. The second-order valence-corrected chi connectivity index (χ2v) is 9.00. The number of benzene rings is 2. The average Bonchev–Trinajstić information content (AvgIpc) is 3.57. The van der Waals surface area contributed by atoms with Crippen molar-refractivity contribution < 1.29 is 9.53 Å². The summed E-state index contributed by atoms with van der Waals surface area (Å²) in [4.78, 5) is 18.4. The molecule has 0 bridgehead atoms. The number of ether oxygens (including phenoxy) is 1. The van der Waals surface area contributed by atoms with Gasteiger partial charge in [-0.3, -0.25) is 9.48 Å². The SMILES string of the molecule is Cc1cc(Oc2ncccc2C#N)ccc1NC(=O)c1cn(Cc2ccccc2)nc1-c1cccs1. The smallest absolute Gasteiger partial charge is 0.259 e. The number of rotatable bonds is 7. The number of aryl methyl sites for hydroxylation is 1. The largest absolute Gasteiger partial charge is 0.438 e. The van der Waals surface area contributed by atoms with Gasteiger partial charge >= 0.3 is 0 Å². The summed E-state index contributed by atoms with van der Waals surface area (Å²) >= 11 is 1.54. The zero-order chi connectivity index (χ0) is 24.9. The zero-order valence-corrected chi connectivity index (χ0v) is 20.2. The van der Waals surface area contributed by atoms with Crippen molar-refractivity contribution in [3.63, 3.8) is 0 Å². The number of pyridine rings is 1. The Balaban J connectivity index is 1.38. The van der Waals surface area contributed by atoms with Gasteiger partial charge in [0.05, 0.1) is 17.0 Å². The highest BCUT2D eigenvalue weighted by Gasteiger charge is 2.20. The van der Waals surface area contributed by atoms with E-state index in [1.54, 1.807) is 58.7 Å². The standard InChI is InChI=1S/C28H21N5O2S/c1-19-15-22(35-28-21(16-29)9-5-13-30-28)11-12-24(19)31-27(34)23-18-33(17-20-7-3-2-4-8-20)32-26(23)25-10-6-14-36-25/h2-15,18H,17H2,1H3,(H,31,34). The molecule has 0 aliphatic carbocycles. The molecule has 0 aliphatic rings. The highest BCUT2D eigenvalue weighted by molar-refractivity contribution is 7.13. The summed E-state index contributed by atoms with van der Waals surface area (Å²) in [6, 6.07) is 24.6. The van der Waals surface area contributed by atoms with Crippen LogP contribution in [0.2, 0.25) is 0 Å². The first kappa shape index (κ1) is 23.0. The van der Waals surface area contributed by atoms with E-state index in [1.807, 2.05) is 54.8 Å². The van der Waals surface area contributed by atoms with E-state index < -0.39 is 0 Å². The van der Waals surface area contributed by atoms with Crippen LogP contribution in [-0.4, -0.2) is 20.7 Å². The summed E-state index contributed by atoms with van der Waals surface area (Å²) in [5, 5.41) is 19.0. The lowest BCUT2D eigenvalue weighted by atomic mass is 10.1. The number of nitrogens with zero attached hydrogens (tertiary/aromatic N) is 4. The van der Waals surface area contributed by atoms with Crippen LogP contribution in [-0.2, 0) is 6.54 Å². The van der Waals surface area contributed by atoms with Gasteiger partial charge in [0.25, 0.3) is 5.91 Å². The molecule has 7 nitrogen and oxygen atoms in total. The van der Waals surface area contributed by atoms with Crippen LogP contribution in [0.4, 0.5) is 5.69 Å². The summed E-state index contributed by atoms with van der Waals surface area (Å²) in [5.74, 6) is 0.518. The van der Waals surface area contributed by atoms with Gasteiger partial charge in [0.15, 0.2) is 0 Å². The molecule has 8 heteroatoms. The Bertz CT molecular complexity index is 1550. The molecule has 1 amide bonds. The zero-order valence-electron chi connectivity index (χ0n) is 19.4. The quantitative estimate of drug-likeness (QED) is 0.289. The first-order chi connectivity index (χ1) is 17.6. The molecule has 0 fully saturated rings. The van der Waals surface area contributed by atoms with Crippen molar-refractivity contribution in [1.29, 1.82) is 5.26 Å². The summed E-state index contributed by atoms with van der Waals surface area (Å²) in [7, 11) is 0. The van der Waals surface area contributed by atoms with Gasteiger partial charge < -0.3 is 10.1 Å². The van der Waals surface area contributed by atoms with Gasteiger partial charge in [0, 0.05) is 18.1 Å². The molecule has 0 spiro atoms. The van der Waals surface area contributed by atoms with Crippen molar-refractivity contribution in [2.45, 2.75) is 13.5 Å². The number of thiophene rings is 1. The second-order valence-electron chi connectivity index (χ2n) is 8.05. The van der Waals surface area contributed by atoms with Crippen LogP contribution in [0.3, 0.4) is 0 Å². The maximum absolute atomic E-state index is 13.4. The Morgan fingerprint density at radius 3 is 2.72 bits per heavy atom. The number of anilines is 1. The van der Waals surface area contributed by atoms with Gasteiger partial charge in [-0.05, 0) is 59.8 Å². The Morgan fingerprint density at radius 2 is 1.97 bits per heavy atom. The molecule has 0 aliphatic heterocycles. The predicted molar refractivity (Wildman–Crippen MR) is 139 cm³/mol. The van der Waals surface area contributed by atoms with E-state index in [4.69, 9.17) is 9.84 Å². The predicted octanol–water partition coefficient (Wildman–Crippen LogP) is 6.28. The van der Waals surface area contributed by atoms with Gasteiger partial charge in [-0.1, -0.05) is 36.4 Å². The monoisotopic (exact) mass is 491 g/mol. The van der Waals surface area contributed by atoms with Gasteiger partial charge in [0.1, 0.15) is 23.1 Å². The fourth-order valence-corrected chi connectivity index (χ4v) is 4.46. The van der Waals surface area contributed by atoms with Gasteiger partial charge in [-0.15, -0.1) is 11.3 Å². The number of amides is 1. The number of carbonyl (C=O) groups is 1. The molecule has 1 N–H and O–H groups in total. The number of nitriles is 1. The van der Waals surface area contributed by atoms with Gasteiger partial charge in [-0.25, -0.2) is 4.98 Å². The minimum Gasteiger partial charge on any atom is -0.438 e. The highest BCUT2D eigenvalue weighted by Crippen LogP contribution is 2.30. The molecule has 2 aromatic carbocycles. The van der Waals surface area contributed by atoms with Crippen LogP contribution in [0.5, 0.6) is 11.6 Å². The Hall–Kier alpha value is -4.74. The molecule has 5 rings (SSSR count). The third-order valence-electron chi connectivity index (χ3n) is 5.50. The number of nitrogens with one attached hydrogen (secondary N) is 1. The van der Waals surface area contributed by atoms with E-state index in [-0.39, 0.29) is 11.8 Å². The number of carbonyl (C=O) groups excluding carboxylic acids is 1. The van der Waals surface area contributed by atoms with E-state index in [0.717, 1.165) is 16.0 Å². The second kappa shape index (κ2) is 10.3. The lowest BCUT2D eigenvalue weighted by molar-refractivity contribution is 0.102. The Kier molecular flexibility index (Phi) is 6.56. The first-order valence-electron chi connectivity index (χ1n) is 11.2. The first-order valence-corrected chi connectivity index (χ1v) is 12.1. The van der Waals surface area contributed by atoms with Crippen LogP contribution in [0.25, 0.3) is 10.6 Å². The van der Waals surface area contributed by atoms with Crippen LogP contribution >= 0.6 is 11.3 Å². The molecular formula is C28H21N5O2S. The fraction of sp³-hybridized carbons (Fsp3) is 0.0714. The number of aromatic nitrogens is 3. The van der Waals surface area contributed by atoms with E-state index in [9.17, 15) is 10.1 Å². The summed E-state index contributed by atoms with van der Waals surface area (Å²) in [5.41, 5.74) is 4.06. The molecule has 0 saturated heterocycles. The van der Waals surface area contributed by atoms with Crippen molar-refractivity contribution in [2.75, 3.05) is 5.32 Å². The molecule has 3 aromatic heterocycles. The van der Waals surface area contributed by atoms with E-state index >= 15 is 0 Å². The van der Waals surface area contributed by atoms with Gasteiger partial charge in [-0.2, -0.15) is 10.4 Å². The highest BCUT2D eigenvalue weighted by atomic mass is 32.1. The third-order valence-corrected chi connectivity index (χ3v) is 6.38. The van der Waals surface area contributed by atoms with Crippen LogP contribution < -0.4 is 10.1 Å². The van der Waals surface area contributed by atoms with Crippen molar-refractivity contribution in [3.8, 4) is 28.3 Å². The molecule has 176 valence electrons. The molecule has 5 aromatic rings. The van der Waals surface area contributed by atoms with Gasteiger partial charge in [0.2, 0.25) is 5.88 Å². The van der Waals surface area contributed by atoms with E-state index in [1.165, 1.54) is 0 Å². The number of hydrogen-bond acceptors (Lipinski definition) is 6. The van der Waals surface area contributed by atoms with E-state index in [0.29, 0.717) is 34.8 Å². The minimum absolute atomic E-state index is 0.239.